The van der Waals surface area contributed by atoms with E-state index in [1.54, 1.807) is 7.11 Å². The van der Waals surface area contributed by atoms with Gasteiger partial charge in [0.1, 0.15) is 5.60 Å². The van der Waals surface area contributed by atoms with E-state index >= 15 is 0 Å². The van der Waals surface area contributed by atoms with Crippen LogP contribution in [0.15, 0.2) is 18.2 Å². The van der Waals surface area contributed by atoms with Gasteiger partial charge in [-0.3, -0.25) is 4.79 Å². The van der Waals surface area contributed by atoms with Crippen LogP contribution >= 0.6 is 11.6 Å². The Labute approximate surface area is 130 Å². The molecule has 114 valence electrons. The average molecular weight is 309 g/mol. The standard InChI is InChI=1S/C16H21ClN2O2/c1-21-16(7-9-18-10-8-16)15(20)19-14-6-5-11-12(14)3-2-4-13(11)17/h2-4,14,18H,5-10H2,1H3,(H,19,20). The maximum atomic E-state index is 12.7. The maximum Gasteiger partial charge on any atom is 0.252 e. The molecule has 1 unspecified atom stereocenters. The molecule has 5 heteroatoms. The van der Waals surface area contributed by atoms with Crippen LogP contribution in [0.3, 0.4) is 0 Å². The normalized spacial score (nSPS) is 23.6. The van der Waals surface area contributed by atoms with Gasteiger partial charge in [0.05, 0.1) is 6.04 Å². The quantitative estimate of drug-likeness (QED) is 0.900. The number of benzene rings is 1. The van der Waals surface area contributed by atoms with Crippen LogP contribution in [-0.2, 0) is 16.0 Å². The molecule has 1 amide bonds. The second-order valence-electron chi connectivity index (χ2n) is 5.82. The molecule has 1 aliphatic carbocycles. The van der Waals surface area contributed by atoms with Crippen molar-refractivity contribution < 1.29 is 9.53 Å². The third kappa shape index (κ3) is 2.68. The first-order valence-corrected chi connectivity index (χ1v) is 7.88. The lowest BCUT2D eigenvalue weighted by Crippen LogP contribution is -2.54. The number of methoxy groups -OCH3 is 1. The van der Waals surface area contributed by atoms with Gasteiger partial charge in [-0.05, 0) is 56.0 Å². The van der Waals surface area contributed by atoms with E-state index in [2.05, 4.69) is 16.7 Å². The summed E-state index contributed by atoms with van der Waals surface area (Å²) in [6, 6.07) is 5.96. The predicted molar refractivity (Wildman–Crippen MR) is 82.5 cm³/mol. The third-order valence-corrected chi connectivity index (χ3v) is 5.09. The molecule has 0 aromatic heterocycles. The van der Waals surface area contributed by atoms with Gasteiger partial charge in [-0.1, -0.05) is 23.7 Å². The Hall–Kier alpha value is -1.10. The minimum atomic E-state index is -0.688. The molecule has 0 saturated carbocycles. The largest absolute Gasteiger partial charge is 0.368 e. The number of rotatable bonds is 3. The second-order valence-corrected chi connectivity index (χ2v) is 6.23. The Morgan fingerprint density at radius 2 is 2.19 bits per heavy atom. The number of piperidine rings is 1. The van der Waals surface area contributed by atoms with Crippen LogP contribution in [0.1, 0.15) is 36.4 Å². The number of carbonyl (C=O) groups excluding carboxylic acids is 1. The predicted octanol–water partition coefficient (Wildman–Crippen LogP) is 2.21. The van der Waals surface area contributed by atoms with Crippen molar-refractivity contribution in [3.8, 4) is 0 Å². The molecule has 4 nitrogen and oxygen atoms in total. The molecular weight excluding hydrogens is 288 g/mol. The number of fused-ring (bicyclic) bond motifs is 1. The number of carbonyl (C=O) groups is 1. The smallest absolute Gasteiger partial charge is 0.252 e. The first-order valence-electron chi connectivity index (χ1n) is 7.50. The Morgan fingerprint density at radius 1 is 1.43 bits per heavy atom. The topological polar surface area (TPSA) is 50.4 Å². The summed E-state index contributed by atoms with van der Waals surface area (Å²) in [4.78, 5) is 12.7. The zero-order chi connectivity index (χ0) is 14.9. The molecule has 21 heavy (non-hydrogen) atoms. The highest BCUT2D eigenvalue weighted by atomic mass is 35.5. The molecular formula is C16H21ClN2O2. The monoisotopic (exact) mass is 308 g/mol. The molecule has 0 bridgehead atoms. The van der Waals surface area contributed by atoms with Crippen LogP contribution < -0.4 is 10.6 Å². The van der Waals surface area contributed by atoms with Crippen LogP contribution in [0.5, 0.6) is 0 Å². The van der Waals surface area contributed by atoms with Gasteiger partial charge in [-0.2, -0.15) is 0 Å². The summed E-state index contributed by atoms with van der Waals surface area (Å²) in [6.45, 7) is 1.63. The molecule has 1 atom stereocenters. The number of hydrogen-bond donors (Lipinski definition) is 2. The van der Waals surface area contributed by atoms with Crippen molar-refractivity contribution in [1.29, 1.82) is 0 Å². The van der Waals surface area contributed by atoms with Gasteiger partial charge >= 0.3 is 0 Å². The molecule has 1 aromatic rings. The summed E-state index contributed by atoms with van der Waals surface area (Å²) in [6.07, 6.45) is 3.25. The molecule has 1 heterocycles. The molecule has 0 spiro atoms. The molecule has 1 aliphatic heterocycles. The Bertz CT molecular complexity index is 541. The molecule has 1 aromatic carbocycles. The van der Waals surface area contributed by atoms with E-state index in [1.807, 2.05) is 12.1 Å². The van der Waals surface area contributed by atoms with Crippen molar-refractivity contribution in [3.05, 3.63) is 34.3 Å². The van der Waals surface area contributed by atoms with Gasteiger partial charge in [0.15, 0.2) is 0 Å². The second kappa shape index (κ2) is 5.95. The number of halogens is 1. The Balaban J connectivity index is 1.76. The Morgan fingerprint density at radius 3 is 2.90 bits per heavy atom. The lowest BCUT2D eigenvalue weighted by Gasteiger charge is -2.35. The summed E-state index contributed by atoms with van der Waals surface area (Å²) < 4.78 is 5.58. The fraction of sp³-hybridized carbons (Fsp3) is 0.562. The van der Waals surface area contributed by atoms with Gasteiger partial charge in [-0.15, -0.1) is 0 Å². The van der Waals surface area contributed by atoms with Crippen molar-refractivity contribution in [2.24, 2.45) is 0 Å². The van der Waals surface area contributed by atoms with Crippen molar-refractivity contribution in [3.63, 3.8) is 0 Å². The van der Waals surface area contributed by atoms with E-state index in [-0.39, 0.29) is 11.9 Å². The number of nitrogens with one attached hydrogen (secondary N) is 2. The number of ether oxygens (including phenoxy) is 1. The van der Waals surface area contributed by atoms with E-state index in [0.717, 1.165) is 36.5 Å². The SMILES string of the molecule is COC1(C(=O)NC2CCc3c(Cl)cccc32)CCNCC1. The van der Waals surface area contributed by atoms with Crippen molar-refractivity contribution >= 4 is 17.5 Å². The number of amides is 1. The average Bonchev–Trinajstić information content (AvgIpc) is 2.92. The first kappa shape index (κ1) is 14.8. The maximum absolute atomic E-state index is 12.7. The molecule has 2 aliphatic rings. The molecule has 1 saturated heterocycles. The van der Waals surface area contributed by atoms with Gasteiger partial charge in [0.2, 0.25) is 0 Å². The highest BCUT2D eigenvalue weighted by molar-refractivity contribution is 6.31. The minimum absolute atomic E-state index is 0.00401. The van der Waals surface area contributed by atoms with Gasteiger partial charge in [0, 0.05) is 12.1 Å². The zero-order valence-corrected chi connectivity index (χ0v) is 13.0. The highest BCUT2D eigenvalue weighted by Crippen LogP contribution is 2.36. The fourth-order valence-electron chi connectivity index (χ4n) is 3.40. The van der Waals surface area contributed by atoms with Crippen molar-refractivity contribution in [1.82, 2.24) is 10.6 Å². The van der Waals surface area contributed by atoms with Gasteiger partial charge in [0.25, 0.3) is 5.91 Å². The van der Waals surface area contributed by atoms with Crippen molar-refractivity contribution in [2.45, 2.75) is 37.3 Å². The van der Waals surface area contributed by atoms with Gasteiger partial charge < -0.3 is 15.4 Å². The number of hydrogen-bond acceptors (Lipinski definition) is 3. The summed E-state index contributed by atoms with van der Waals surface area (Å²) in [5.74, 6) is 0.00401. The third-order valence-electron chi connectivity index (χ3n) is 4.73. The van der Waals surface area contributed by atoms with Crippen LogP contribution in [0.2, 0.25) is 5.02 Å². The zero-order valence-electron chi connectivity index (χ0n) is 12.2. The van der Waals surface area contributed by atoms with E-state index in [9.17, 15) is 4.79 Å². The minimum Gasteiger partial charge on any atom is -0.368 e. The lowest BCUT2D eigenvalue weighted by atomic mass is 9.90. The summed E-state index contributed by atoms with van der Waals surface area (Å²) in [5.41, 5.74) is 1.63. The van der Waals surface area contributed by atoms with E-state index in [0.29, 0.717) is 12.8 Å². The molecule has 0 radical (unpaired) electrons. The first-order chi connectivity index (χ1) is 10.2. The van der Waals surface area contributed by atoms with E-state index in [1.165, 1.54) is 5.56 Å². The summed E-state index contributed by atoms with van der Waals surface area (Å²) in [5, 5.41) is 7.24. The van der Waals surface area contributed by atoms with Crippen LogP contribution in [0.25, 0.3) is 0 Å². The van der Waals surface area contributed by atoms with Crippen LogP contribution in [0.4, 0.5) is 0 Å². The fourth-order valence-corrected chi connectivity index (χ4v) is 3.68. The van der Waals surface area contributed by atoms with Crippen LogP contribution in [-0.4, -0.2) is 31.7 Å². The van der Waals surface area contributed by atoms with Gasteiger partial charge in [-0.25, -0.2) is 0 Å². The highest BCUT2D eigenvalue weighted by Gasteiger charge is 2.41. The molecule has 2 N–H and O–H groups in total. The molecule has 3 rings (SSSR count). The van der Waals surface area contributed by atoms with Crippen LogP contribution in [0, 0.1) is 0 Å². The molecule has 1 fully saturated rings. The summed E-state index contributed by atoms with van der Waals surface area (Å²) >= 11 is 6.23. The Kier molecular flexibility index (Phi) is 4.20. The lowest BCUT2D eigenvalue weighted by molar-refractivity contribution is -0.147. The van der Waals surface area contributed by atoms with E-state index in [4.69, 9.17) is 16.3 Å². The van der Waals surface area contributed by atoms with E-state index < -0.39 is 5.60 Å². The summed E-state index contributed by atoms with van der Waals surface area (Å²) in [7, 11) is 1.63. The van der Waals surface area contributed by atoms with Crippen molar-refractivity contribution in [2.75, 3.05) is 20.2 Å².